The number of hydrogen-bond acceptors (Lipinski definition) is 3. The Morgan fingerprint density at radius 2 is 2.16 bits per heavy atom. The number of halogens is 1. The summed E-state index contributed by atoms with van der Waals surface area (Å²) in [5.41, 5.74) is 1.03. The van der Waals surface area contributed by atoms with Gasteiger partial charge < -0.3 is 10.1 Å². The molecule has 2 rings (SSSR count). The first-order valence-corrected chi connectivity index (χ1v) is 6.95. The van der Waals surface area contributed by atoms with Crippen LogP contribution in [0.3, 0.4) is 0 Å². The summed E-state index contributed by atoms with van der Waals surface area (Å²) in [6.07, 6.45) is 4.58. The molecule has 1 aromatic heterocycles. The highest BCUT2D eigenvalue weighted by Crippen LogP contribution is 2.23. The minimum Gasteiger partial charge on any atom is -0.477 e. The number of nitrogens with zero attached hydrogens (tertiary/aromatic N) is 1. The van der Waals surface area contributed by atoms with Crippen molar-refractivity contribution in [3.63, 3.8) is 0 Å². The molecule has 0 radical (unpaired) electrons. The molecule has 0 aliphatic heterocycles. The SMILES string of the molecule is CC(C)(C)CCOc1ncc(F)cc1CNC1CC1. The van der Waals surface area contributed by atoms with Gasteiger partial charge in [-0.3, -0.25) is 0 Å². The monoisotopic (exact) mass is 266 g/mol. The summed E-state index contributed by atoms with van der Waals surface area (Å²) >= 11 is 0. The Morgan fingerprint density at radius 1 is 1.42 bits per heavy atom. The Hall–Kier alpha value is -1.16. The van der Waals surface area contributed by atoms with Crippen molar-refractivity contribution in [3.8, 4) is 5.88 Å². The van der Waals surface area contributed by atoms with Gasteiger partial charge in [0.2, 0.25) is 5.88 Å². The Kier molecular flexibility index (Phi) is 4.40. The summed E-state index contributed by atoms with van der Waals surface area (Å²) in [4.78, 5) is 4.06. The van der Waals surface area contributed by atoms with Gasteiger partial charge in [0.05, 0.1) is 12.8 Å². The predicted octanol–water partition coefficient (Wildman–Crippen LogP) is 3.29. The highest BCUT2D eigenvalue weighted by molar-refractivity contribution is 5.26. The van der Waals surface area contributed by atoms with E-state index in [4.69, 9.17) is 4.74 Å². The molecule has 0 amide bonds. The van der Waals surface area contributed by atoms with E-state index in [0.29, 0.717) is 25.1 Å². The quantitative estimate of drug-likeness (QED) is 0.858. The van der Waals surface area contributed by atoms with Crippen molar-refractivity contribution < 1.29 is 9.13 Å². The smallest absolute Gasteiger partial charge is 0.218 e. The molecule has 0 aromatic carbocycles. The van der Waals surface area contributed by atoms with Gasteiger partial charge >= 0.3 is 0 Å². The van der Waals surface area contributed by atoms with E-state index in [1.54, 1.807) is 0 Å². The molecule has 1 aromatic rings. The van der Waals surface area contributed by atoms with Crippen LogP contribution in [0.5, 0.6) is 5.88 Å². The normalized spacial score (nSPS) is 15.6. The van der Waals surface area contributed by atoms with Crippen LogP contribution in [0.25, 0.3) is 0 Å². The van der Waals surface area contributed by atoms with Gasteiger partial charge in [0.1, 0.15) is 5.82 Å². The molecular formula is C15H23FN2O. The lowest BCUT2D eigenvalue weighted by atomic mass is 9.93. The molecule has 1 fully saturated rings. The second-order valence-corrected chi connectivity index (χ2v) is 6.43. The molecule has 4 heteroatoms. The van der Waals surface area contributed by atoms with Gasteiger partial charge in [-0.25, -0.2) is 9.37 Å². The molecule has 1 aliphatic carbocycles. The summed E-state index contributed by atoms with van der Waals surface area (Å²) in [5.74, 6) is 0.245. The third kappa shape index (κ3) is 5.15. The van der Waals surface area contributed by atoms with E-state index in [9.17, 15) is 4.39 Å². The number of aromatic nitrogens is 1. The number of pyridine rings is 1. The van der Waals surface area contributed by atoms with Crippen molar-refractivity contribution in [2.45, 2.75) is 52.6 Å². The number of hydrogen-bond donors (Lipinski definition) is 1. The van der Waals surface area contributed by atoms with Crippen molar-refractivity contribution in [1.29, 1.82) is 0 Å². The topological polar surface area (TPSA) is 34.1 Å². The Labute approximate surface area is 114 Å². The van der Waals surface area contributed by atoms with Crippen molar-refractivity contribution in [2.75, 3.05) is 6.61 Å². The Morgan fingerprint density at radius 3 is 2.79 bits per heavy atom. The van der Waals surface area contributed by atoms with Crippen LogP contribution in [0.15, 0.2) is 12.3 Å². The zero-order valence-corrected chi connectivity index (χ0v) is 12.0. The lowest BCUT2D eigenvalue weighted by Crippen LogP contribution is -2.17. The molecule has 106 valence electrons. The third-order valence-corrected chi connectivity index (χ3v) is 3.14. The van der Waals surface area contributed by atoms with Gasteiger partial charge in [-0.15, -0.1) is 0 Å². The van der Waals surface area contributed by atoms with Gasteiger partial charge in [-0.1, -0.05) is 20.8 Å². The van der Waals surface area contributed by atoms with E-state index >= 15 is 0 Å². The summed E-state index contributed by atoms with van der Waals surface area (Å²) < 4.78 is 19.0. The summed E-state index contributed by atoms with van der Waals surface area (Å²) in [6.45, 7) is 7.75. The molecule has 0 bridgehead atoms. The minimum absolute atomic E-state index is 0.229. The van der Waals surface area contributed by atoms with Crippen LogP contribution in [0.1, 0.15) is 45.6 Å². The molecular weight excluding hydrogens is 243 g/mol. The van der Waals surface area contributed by atoms with Crippen molar-refractivity contribution in [3.05, 3.63) is 23.6 Å². The molecule has 0 spiro atoms. The molecule has 3 nitrogen and oxygen atoms in total. The fraction of sp³-hybridized carbons (Fsp3) is 0.667. The van der Waals surface area contributed by atoms with Gasteiger partial charge in [0.15, 0.2) is 0 Å². The standard InChI is InChI=1S/C15H23FN2O/c1-15(2,3)6-7-19-14-11(8-12(16)10-18-14)9-17-13-4-5-13/h8,10,13,17H,4-7,9H2,1-3H3. The molecule has 19 heavy (non-hydrogen) atoms. The maximum atomic E-state index is 13.3. The van der Waals surface area contributed by atoms with E-state index in [-0.39, 0.29) is 11.2 Å². The van der Waals surface area contributed by atoms with Gasteiger partial charge in [-0.05, 0) is 30.7 Å². The van der Waals surface area contributed by atoms with E-state index < -0.39 is 0 Å². The first-order chi connectivity index (χ1) is 8.94. The second kappa shape index (κ2) is 5.87. The largest absolute Gasteiger partial charge is 0.477 e. The molecule has 1 saturated carbocycles. The highest BCUT2D eigenvalue weighted by Gasteiger charge is 2.21. The molecule has 0 unspecified atom stereocenters. The van der Waals surface area contributed by atoms with Crippen LogP contribution in [-0.4, -0.2) is 17.6 Å². The number of nitrogens with one attached hydrogen (secondary N) is 1. The Bertz CT molecular complexity index is 425. The summed E-state index contributed by atoms with van der Waals surface area (Å²) in [7, 11) is 0. The number of ether oxygens (including phenoxy) is 1. The van der Waals surface area contributed by atoms with Gasteiger partial charge in [-0.2, -0.15) is 0 Å². The van der Waals surface area contributed by atoms with E-state index in [2.05, 4.69) is 31.1 Å². The predicted molar refractivity (Wildman–Crippen MR) is 73.6 cm³/mol. The van der Waals surface area contributed by atoms with Crippen LogP contribution in [0.4, 0.5) is 4.39 Å². The Balaban J connectivity index is 1.93. The van der Waals surface area contributed by atoms with Crippen LogP contribution in [0, 0.1) is 11.2 Å². The van der Waals surface area contributed by atoms with Crippen molar-refractivity contribution in [2.24, 2.45) is 5.41 Å². The molecule has 1 N–H and O–H groups in total. The lowest BCUT2D eigenvalue weighted by Gasteiger charge is -2.18. The first kappa shape index (κ1) is 14.3. The van der Waals surface area contributed by atoms with E-state index in [1.807, 2.05) is 0 Å². The average Bonchev–Trinajstić information content (AvgIpc) is 3.11. The van der Waals surface area contributed by atoms with E-state index in [0.717, 1.165) is 12.0 Å². The maximum Gasteiger partial charge on any atom is 0.218 e. The molecule has 1 heterocycles. The second-order valence-electron chi connectivity index (χ2n) is 6.43. The van der Waals surface area contributed by atoms with Crippen LogP contribution in [0.2, 0.25) is 0 Å². The summed E-state index contributed by atoms with van der Waals surface area (Å²) in [5, 5.41) is 3.36. The zero-order valence-electron chi connectivity index (χ0n) is 12.0. The minimum atomic E-state index is -0.309. The lowest BCUT2D eigenvalue weighted by molar-refractivity contribution is 0.233. The van der Waals surface area contributed by atoms with Gasteiger partial charge in [0, 0.05) is 18.2 Å². The first-order valence-electron chi connectivity index (χ1n) is 6.95. The zero-order chi connectivity index (χ0) is 13.9. The fourth-order valence-corrected chi connectivity index (χ4v) is 1.72. The van der Waals surface area contributed by atoms with Crippen LogP contribution < -0.4 is 10.1 Å². The van der Waals surface area contributed by atoms with Crippen molar-refractivity contribution >= 4 is 0 Å². The fourth-order valence-electron chi connectivity index (χ4n) is 1.72. The van der Waals surface area contributed by atoms with Crippen LogP contribution in [-0.2, 0) is 6.54 Å². The maximum absolute atomic E-state index is 13.3. The molecule has 0 saturated heterocycles. The summed E-state index contributed by atoms with van der Waals surface area (Å²) in [6, 6.07) is 2.10. The highest BCUT2D eigenvalue weighted by atomic mass is 19.1. The van der Waals surface area contributed by atoms with Crippen molar-refractivity contribution in [1.82, 2.24) is 10.3 Å². The third-order valence-electron chi connectivity index (χ3n) is 3.14. The number of rotatable bonds is 6. The molecule has 1 aliphatic rings. The molecule has 0 atom stereocenters. The average molecular weight is 266 g/mol. The van der Waals surface area contributed by atoms with Gasteiger partial charge in [0.25, 0.3) is 0 Å². The van der Waals surface area contributed by atoms with Crippen LogP contribution >= 0.6 is 0 Å². The van der Waals surface area contributed by atoms with E-state index in [1.165, 1.54) is 25.1 Å².